The average molecular weight is 365 g/mol. The molecule has 0 unspecified atom stereocenters. The number of sulfonamides is 1. The first-order valence-electron chi connectivity index (χ1n) is 6.25. The third-order valence-corrected chi connectivity index (χ3v) is 4.04. The Morgan fingerprint density at radius 3 is 2.32 bits per heavy atom. The van der Waals surface area contributed by atoms with E-state index >= 15 is 0 Å². The van der Waals surface area contributed by atoms with Gasteiger partial charge in [0.25, 0.3) is 0 Å². The van der Waals surface area contributed by atoms with E-state index in [-0.39, 0.29) is 25.0 Å². The molecule has 0 saturated carbocycles. The molecule has 1 rings (SSSR count). The molecule has 0 fully saturated rings. The largest absolute Gasteiger partial charge is 0.416 e. The van der Waals surface area contributed by atoms with E-state index in [4.69, 9.17) is 0 Å². The highest BCUT2D eigenvalue weighted by Crippen LogP contribution is 2.31. The smallest absolute Gasteiger partial charge is 0.315 e. The maximum absolute atomic E-state index is 13.5. The topological polar surface area (TPSA) is 58.2 Å². The van der Waals surface area contributed by atoms with Crippen LogP contribution in [0, 0.1) is 5.82 Å². The van der Waals surface area contributed by atoms with Gasteiger partial charge in [0, 0.05) is 13.1 Å². The van der Waals surface area contributed by atoms with Gasteiger partial charge in [-0.05, 0) is 31.2 Å². The molecule has 0 aliphatic rings. The molecule has 0 bridgehead atoms. The summed E-state index contributed by atoms with van der Waals surface area (Å²) in [5, 5.41) is 2.91. The Morgan fingerprint density at radius 1 is 1.14 bits per heavy atom. The normalized spacial score (nSPS) is 12.0. The van der Waals surface area contributed by atoms with Crippen molar-refractivity contribution in [2.24, 2.45) is 0 Å². The number of halogens is 5. The third-order valence-electron chi connectivity index (χ3n) is 2.57. The number of benzene rings is 1. The van der Waals surface area contributed by atoms with Crippen LogP contribution >= 0.6 is 12.4 Å². The number of hydrogen-bond donors (Lipinski definition) is 2. The van der Waals surface area contributed by atoms with Crippen LogP contribution in [0.15, 0.2) is 23.1 Å². The first-order valence-corrected chi connectivity index (χ1v) is 7.74. The lowest BCUT2D eigenvalue weighted by atomic mass is 10.2. The summed E-state index contributed by atoms with van der Waals surface area (Å²) in [4.78, 5) is -1.01. The predicted molar refractivity (Wildman–Crippen MR) is 77.0 cm³/mol. The van der Waals surface area contributed by atoms with E-state index in [1.807, 2.05) is 6.92 Å². The molecule has 22 heavy (non-hydrogen) atoms. The van der Waals surface area contributed by atoms with Crippen molar-refractivity contribution in [3.8, 4) is 0 Å². The number of rotatable bonds is 7. The maximum Gasteiger partial charge on any atom is 0.416 e. The molecule has 0 aromatic heterocycles. The van der Waals surface area contributed by atoms with E-state index in [9.17, 15) is 26.0 Å². The molecule has 10 heteroatoms. The molecule has 0 aliphatic heterocycles. The van der Waals surface area contributed by atoms with Crippen LogP contribution in [0.25, 0.3) is 0 Å². The standard InChI is InChI=1S/C12H16F4N2O2S.ClH/c1-2-5-17-6-7-18-21(19,20)11-8-9(12(14,15)16)3-4-10(11)13;/h3-4,8,17-18H,2,5-7H2,1H3;1H. The molecule has 4 nitrogen and oxygen atoms in total. The van der Waals surface area contributed by atoms with Gasteiger partial charge in [0.1, 0.15) is 10.7 Å². The number of hydrogen-bond acceptors (Lipinski definition) is 3. The summed E-state index contributed by atoms with van der Waals surface area (Å²) < 4.78 is 76.8. The summed E-state index contributed by atoms with van der Waals surface area (Å²) in [6.45, 7) is 2.86. The van der Waals surface area contributed by atoms with Crippen LogP contribution in [0.1, 0.15) is 18.9 Å². The second-order valence-electron chi connectivity index (χ2n) is 4.29. The minimum atomic E-state index is -4.74. The molecule has 1 aromatic carbocycles. The van der Waals surface area contributed by atoms with Crippen molar-refractivity contribution in [2.75, 3.05) is 19.6 Å². The van der Waals surface area contributed by atoms with Crippen LogP contribution in [-0.4, -0.2) is 28.1 Å². The molecule has 128 valence electrons. The second kappa shape index (κ2) is 8.66. The minimum Gasteiger partial charge on any atom is -0.315 e. The van der Waals surface area contributed by atoms with Crippen LogP contribution in [0.4, 0.5) is 17.6 Å². The van der Waals surface area contributed by atoms with Crippen LogP contribution < -0.4 is 10.0 Å². The van der Waals surface area contributed by atoms with Gasteiger partial charge in [-0.1, -0.05) is 6.92 Å². The third kappa shape index (κ3) is 6.07. The fourth-order valence-electron chi connectivity index (χ4n) is 1.54. The Labute approximate surface area is 132 Å². The summed E-state index contributed by atoms with van der Waals surface area (Å²) >= 11 is 0. The van der Waals surface area contributed by atoms with Gasteiger partial charge in [-0.3, -0.25) is 0 Å². The van der Waals surface area contributed by atoms with E-state index in [1.165, 1.54) is 0 Å². The Hall–Kier alpha value is -0.900. The summed E-state index contributed by atoms with van der Waals surface area (Å²) in [5.74, 6) is -1.22. The zero-order chi connectivity index (χ0) is 16.1. The van der Waals surface area contributed by atoms with Crippen LogP contribution in [0.5, 0.6) is 0 Å². The van der Waals surface area contributed by atoms with Crippen molar-refractivity contribution in [3.05, 3.63) is 29.6 Å². The summed E-state index contributed by atoms with van der Waals surface area (Å²) in [5.41, 5.74) is -1.21. The van der Waals surface area contributed by atoms with Crippen molar-refractivity contribution < 1.29 is 26.0 Å². The molecule has 0 spiro atoms. The van der Waals surface area contributed by atoms with Crippen molar-refractivity contribution in [3.63, 3.8) is 0 Å². The highest BCUT2D eigenvalue weighted by Gasteiger charge is 2.32. The van der Waals surface area contributed by atoms with Crippen LogP contribution in [0.3, 0.4) is 0 Å². The summed E-state index contributed by atoms with van der Waals surface area (Å²) in [6, 6.07) is 1.28. The van der Waals surface area contributed by atoms with Gasteiger partial charge >= 0.3 is 6.18 Å². The zero-order valence-electron chi connectivity index (χ0n) is 11.7. The number of alkyl halides is 3. The van der Waals surface area contributed by atoms with E-state index < -0.39 is 32.5 Å². The van der Waals surface area contributed by atoms with Crippen LogP contribution in [0.2, 0.25) is 0 Å². The van der Waals surface area contributed by atoms with Gasteiger partial charge < -0.3 is 5.32 Å². The lowest BCUT2D eigenvalue weighted by Gasteiger charge is -2.11. The molecule has 0 aliphatic carbocycles. The Kier molecular flexibility index (Phi) is 8.30. The number of nitrogens with one attached hydrogen (secondary N) is 2. The van der Waals surface area contributed by atoms with E-state index in [0.717, 1.165) is 6.42 Å². The molecule has 2 N–H and O–H groups in total. The second-order valence-corrected chi connectivity index (χ2v) is 6.03. The molecule has 0 saturated heterocycles. The Bertz CT molecular complexity index is 579. The van der Waals surface area contributed by atoms with E-state index in [1.54, 1.807) is 0 Å². The van der Waals surface area contributed by atoms with Crippen molar-refractivity contribution in [1.82, 2.24) is 10.0 Å². The Morgan fingerprint density at radius 2 is 1.77 bits per heavy atom. The van der Waals surface area contributed by atoms with Gasteiger partial charge in [0.2, 0.25) is 10.0 Å². The first kappa shape index (κ1) is 21.1. The highest BCUT2D eigenvalue weighted by molar-refractivity contribution is 7.89. The predicted octanol–water partition coefficient (Wildman–Crippen LogP) is 2.54. The van der Waals surface area contributed by atoms with Crippen LogP contribution in [-0.2, 0) is 16.2 Å². The molecule has 0 heterocycles. The maximum atomic E-state index is 13.5. The molecule has 1 aromatic rings. The lowest BCUT2D eigenvalue weighted by Crippen LogP contribution is -2.32. The monoisotopic (exact) mass is 364 g/mol. The van der Waals surface area contributed by atoms with E-state index in [2.05, 4.69) is 10.0 Å². The highest BCUT2D eigenvalue weighted by atomic mass is 35.5. The average Bonchev–Trinajstić information content (AvgIpc) is 2.37. The molecular weight excluding hydrogens is 348 g/mol. The molecule has 0 atom stereocenters. The SMILES string of the molecule is CCCNCCNS(=O)(=O)c1cc(C(F)(F)F)ccc1F.Cl. The molecule has 0 amide bonds. The van der Waals surface area contributed by atoms with Gasteiger partial charge in [-0.25, -0.2) is 17.5 Å². The van der Waals surface area contributed by atoms with Gasteiger partial charge in [0.05, 0.1) is 5.56 Å². The molecule has 0 radical (unpaired) electrons. The summed E-state index contributed by atoms with van der Waals surface area (Å²) in [6.07, 6.45) is -3.88. The minimum absolute atomic E-state index is 0. The Balaban J connectivity index is 0.00000441. The molecular formula is C12H17ClF4N2O2S. The fourth-order valence-corrected chi connectivity index (χ4v) is 2.67. The van der Waals surface area contributed by atoms with Gasteiger partial charge in [-0.15, -0.1) is 12.4 Å². The van der Waals surface area contributed by atoms with Crippen molar-refractivity contribution in [1.29, 1.82) is 0 Å². The lowest BCUT2D eigenvalue weighted by molar-refractivity contribution is -0.137. The first-order chi connectivity index (χ1) is 9.68. The van der Waals surface area contributed by atoms with Gasteiger partial charge in [0.15, 0.2) is 0 Å². The fraction of sp³-hybridized carbons (Fsp3) is 0.500. The van der Waals surface area contributed by atoms with Crippen molar-refractivity contribution >= 4 is 22.4 Å². The summed E-state index contributed by atoms with van der Waals surface area (Å²) in [7, 11) is -4.33. The quantitative estimate of drug-likeness (QED) is 0.577. The zero-order valence-corrected chi connectivity index (χ0v) is 13.3. The van der Waals surface area contributed by atoms with Crippen molar-refractivity contribution in [2.45, 2.75) is 24.4 Å². The van der Waals surface area contributed by atoms with Gasteiger partial charge in [-0.2, -0.15) is 13.2 Å². The van der Waals surface area contributed by atoms with E-state index in [0.29, 0.717) is 25.2 Å².